The molecule has 0 spiro atoms. The van der Waals surface area contributed by atoms with Crippen LogP contribution in [0.25, 0.3) is 0 Å². The summed E-state index contributed by atoms with van der Waals surface area (Å²) in [7, 11) is 0. The van der Waals surface area contributed by atoms with Gasteiger partial charge in [-0.15, -0.1) is 0 Å². The van der Waals surface area contributed by atoms with Crippen LogP contribution >= 0.6 is 0 Å². The summed E-state index contributed by atoms with van der Waals surface area (Å²) in [5.41, 5.74) is 2.41. The number of hydrogen-bond donors (Lipinski definition) is 0. The molecule has 2 aromatic carbocycles. The van der Waals surface area contributed by atoms with E-state index in [0.717, 1.165) is 11.3 Å². The predicted molar refractivity (Wildman–Crippen MR) is 92.6 cm³/mol. The van der Waals surface area contributed by atoms with Gasteiger partial charge in [-0.05, 0) is 47.9 Å². The van der Waals surface area contributed by atoms with Gasteiger partial charge in [0, 0.05) is 12.8 Å². The third-order valence-electron chi connectivity index (χ3n) is 4.57. The first-order valence-electron chi connectivity index (χ1n) is 8.54. The lowest BCUT2D eigenvalue weighted by atomic mass is 9.89. The monoisotopic (exact) mass is 308 g/mol. The highest BCUT2D eigenvalue weighted by molar-refractivity contribution is 5.79. The van der Waals surface area contributed by atoms with Crippen molar-refractivity contribution in [3.05, 3.63) is 65.7 Å². The summed E-state index contributed by atoms with van der Waals surface area (Å²) in [4.78, 5) is 11.9. The molecule has 0 N–H and O–H groups in total. The molecule has 120 valence electrons. The topological polar surface area (TPSA) is 26.3 Å². The standard InChI is InChI=1S/C21H24O2/c1-2-19(22)14-21(17-11-12-17)18-9-6-10-20(13-18)23-15-16-7-4-3-5-8-16/h3-10,13,17,21H,2,11-12,14-15H2,1H3/t21-/m0/s1. The SMILES string of the molecule is CCC(=O)C[C@H](c1cccc(OCc2ccccc2)c1)C1CC1. The smallest absolute Gasteiger partial charge is 0.133 e. The largest absolute Gasteiger partial charge is 0.489 e. The van der Waals surface area contributed by atoms with Gasteiger partial charge >= 0.3 is 0 Å². The van der Waals surface area contributed by atoms with Gasteiger partial charge in [-0.3, -0.25) is 4.79 Å². The molecule has 2 nitrogen and oxygen atoms in total. The molecule has 1 aliphatic carbocycles. The second kappa shape index (κ2) is 7.45. The Balaban J connectivity index is 1.69. The number of ketones is 1. The van der Waals surface area contributed by atoms with Crippen molar-refractivity contribution in [2.24, 2.45) is 5.92 Å². The van der Waals surface area contributed by atoms with Crippen LogP contribution in [-0.2, 0) is 11.4 Å². The van der Waals surface area contributed by atoms with Crippen molar-refractivity contribution in [3.63, 3.8) is 0 Å². The summed E-state index contributed by atoms with van der Waals surface area (Å²) in [6.07, 6.45) is 3.80. The minimum absolute atomic E-state index is 0.359. The van der Waals surface area contributed by atoms with E-state index >= 15 is 0 Å². The molecule has 0 saturated heterocycles. The minimum Gasteiger partial charge on any atom is -0.489 e. The number of carbonyl (C=O) groups is 1. The first kappa shape index (κ1) is 15.8. The molecule has 2 aromatic rings. The van der Waals surface area contributed by atoms with Crippen molar-refractivity contribution in [3.8, 4) is 5.75 Å². The molecule has 0 aliphatic heterocycles. The molecule has 0 unspecified atom stereocenters. The molecule has 1 aliphatic rings. The van der Waals surface area contributed by atoms with Crippen LogP contribution in [0, 0.1) is 5.92 Å². The van der Waals surface area contributed by atoms with Gasteiger partial charge in [-0.1, -0.05) is 49.4 Å². The number of carbonyl (C=O) groups excluding carboxylic acids is 1. The van der Waals surface area contributed by atoms with Crippen LogP contribution < -0.4 is 4.74 Å². The van der Waals surface area contributed by atoms with E-state index in [-0.39, 0.29) is 0 Å². The second-order valence-electron chi connectivity index (χ2n) is 6.39. The average molecular weight is 308 g/mol. The minimum atomic E-state index is 0.359. The van der Waals surface area contributed by atoms with Gasteiger partial charge < -0.3 is 4.74 Å². The Morgan fingerprint density at radius 1 is 1.13 bits per heavy atom. The highest BCUT2D eigenvalue weighted by atomic mass is 16.5. The molecular weight excluding hydrogens is 284 g/mol. The van der Waals surface area contributed by atoms with Crippen LogP contribution in [0.15, 0.2) is 54.6 Å². The molecule has 0 amide bonds. The van der Waals surface area contributed by atoms with Gasteiger partial charge in [0.25, 0.3) is 0 Å². The Bertz CT molecular complexity index is 644. The van der Waals surface area contributed by atoms with Gasteiger partial charge in [0.1, 0.15) is 18.1 Å². The molecule has 0 radical (unpaired) electrons. The maximum atomic E-state index is 11.9. The van der Waals surface area contributed by atoms with E-state index in [9.17, 15) is 4.79 Å². The molecule has 23 heavy (non-hydrogen) atoms. The van der Waals surface area contributed by atoms with Crippen LogP contribution in [0.1, 0.15) is 49.7 Å². The Kier molecular flexibility index (Phi) is 5.12. The van der Waals surface area contributed by atoms with E-state index in [1.54, 1.807) is 0 Å². The first-order valence-corrected chi connectivity index (χ1v) is 8.54. The summed E-state index contributed by atoms with van der Waals surface area (Å²) in [6, 6.07) is 18.5. The summed E-state index contributed by atoms with van der Waals surface area (Å²) >= 11 is 0. The fourth-order valence-electron chi connectivity index (χ4n) is 3.02. The maximum Gasteiger partial charge on any atom is 0.133 e. The van der Waals surface area contributed by atoms with Crippen LogP contribution in [-0.4, -0.2) is 5.78 Å². The van der Waals surface area contributed by atoms with Gasteiger partial charge in [-0.25, -0.2) is 0 Å². The van der Waals surface area contributed by atoms with E-state index in [1.807, 2.05) is 37.3 Å². The fraction of sp³-hybridized carbons (Fsp3) is 0.381. The predicted octanol–water partition coefficient (Wildman–Crippen LogP) is 5.13. The maximum absolute atomic E-state index is 11.9. The highest BCUT2D eigenvalue weighted by Gasteiger charge is 2.33. The van der Waals surface area contributed by atoms with E-state index in [2.05, 4.69) is 24.3 Å². The molecular formula is C21H24O2. The normalized spacial score (nSPS) is 15.2. The molecule has 1 atom stereocenters. The van der Waals surface area contributed by atoms with Gasteiger partial charge in [0.05, 0.1) is 0 Å². The zero-order chi connectivity index (χ0) is 16.1. The average Bonchev–Trinajstić information content (AvgIpc) is 3.43. The molecule has 0 aromatic heterocycles. The quantitative estimate of drug-likeness (QED) is 0.676. The fourth-order valence-corrected chi connectivity index (χ4v) is 3.02. The molecule has 1 saturated carbocycles. The van der Waals surface area contributed by atoms with Crippen molar-refractivity contribution in [1.82, 2.24) is 0 Å². The van der Waals surface area contributed by atoms with Crippen LogP contribution in [0.2, 0.25) is 0 Å². The Labute approximate surface area is 138 Å². The van der Waals surface area contributed by atoms with Crippen molar-refractivity contribution in [2.45, 2.75) is 45.1 Å². The van der Waals surface area contributed by atoms with E-state index < -0.39 is 0 Å². The zero-order valence-corrected chi connectivity index (χ0v) is 13.7. The van der Waals surface area contributed by atoms with Crippen LogP contribution in [0.3, 0.4) is 0 Å². The third kappa shape index (κ3) is 4.44. The molecule has 2 heteroatoms. The molecule has 0 heterocycles. The van der Waals surface area contributed by atoms with Crippen molar-refractivity contribution >= 4 is 5.78 Å². The van der Waals surface area contributed by atoms with E-state index in [0.29, 0.717) is 37.1 Å². The third-order valence-corrected chi connectivity index (χ3v) is 4.57. The second-order valence-corrected chi connectivity index (χ2v) is 6.39. The first-order chi connectivity index (χ1) is 11.3. The van der Waals surface area contributed by atoms with Gasteiger partial charge in [0.2, 0.25) is 0 Å². The number of ether oxygens (including phenoxy) is 1. The van der Waals surface area contributed by atoms with Crippen molar-refractivity contribution in [1.29, 1.82) is 0 Å². The number of Topliss-reactive ketones (excluding diaryl/α,β-unsaturated/α-hetero) is 1. The van der Waals surface area contributed by atoms with Gasteiger partial charge in [0.15, 0.2) is 0 Å². The lowest BCUT2D eigenvalue weighted by Crippen LogP contribution is -2.08. The highest BCUT2D eigenvalue weighted by Crippen LogP contribution is 2.45. The van der Waals surface area contributed by atoms with E-state index in [1.165, 1.54) is 18.4 Å². The molecule has 3 rings (SSSR count). The molecule has 0 bridgehead atoms. The number of benzene rings is 2. The Morgan fingerprint density at radius 3 is 2.61 bits per heavy atom. The Hall–Kier alpha value is -2.09. The van der Waals surface area contributed by atoms with Crippen LogP contribution in [0.4, 0.5) is 0 Å². The van der Waals surface area contributed by atoms with Gasteiger partial charge in [-0.2, -0.15) is 0 Å². The summed E-state index contributed by atoms with van der Waals surface area (Å²) in [5.74, 6) is 2.29. The van der Waals surface area contributed by atoms with E-state index in [4.69, 9.17) is 4.74 Å². The van der Waals surface area contributed by atoms with Crippen molar-refractivity contribution in [2.75, 3.05) is 0 Å². The molecule has 1 fully saturated rings. The lowest BCUT2D eigenvalue weighted by Gasteiger charge is -2.17. The van der Waals surface area contributed by atoms with Crippen molar-refractivity contribution < 1.29 is 9.53 Å². The number of rotatable bonds is 8. The zero-order valence-electron chi connectivity index (χ0n) is 13.7. The van der Waals surface area contributed by atoms with Crippen LogP contribution in [0.5, 0.6) is 5.75 Å². The number of hydrogen-bond acceptors (Lipinski definition) is 2. The summed E-state index contributed by atoms with van der Waals surface area (Å²) in [6.45, 7) is 2.53. The summed E-state index contributed by atoms with van der Waals surface area (Å²) < 4.78 is 5.93. The Morgan fingerprint density at radius 2 is 1.91 bits per heavy atom. The lowest BCUT2D eigenvalue weighted by molar-refractivity contribution is -0.119. The summed E-state index contributed by atoms with van der Waals surface area (Å²) in [5, 5.41) is 0.